The van der Waals surface area contributed by atoms with E-state index in [1.54, 1.807) is 0 Å². The number of nitrogens with one attached hydrogen (secondary N) is 1. The van der Waals surface area contributed by atoms with Gasteiger partial charge in [0.05, 0.1) is 11.1 Å². The molecule has 0 atom stereocenters. The second-order valence-corrected chi connectivity index (χ2v) is 6.35. The maximum atomic E-state index is 12.4. The standard InChI is InChI=1S/C18H20N2O/c21-16-14-9-6-10-15(14)19-17(20-16)18(11-4-5-12-18)13-7-2-1-3-8-13/h1-3,7-8H,4-6,9-12H2,(H,19,20,21). The Morgan fingerprint density at radius 3 is 2.52 bits per heavy atom. The molecule has 108 valence electrons. The second-order valence-electron chi connectivity index (χ2n) is 6.35. The SMILES string of the molecule is O=c1[nH]c(C2(c3ccccc3)CCCC2)nc2c1CCC2. The van der Waals surface area contributed by atoms with Crippen molar-refractivity contribution >= 4 is 0 Å². The summed E-state index contributed by atoms with van der Waals surface area (Å²) >= 11 is 0. The summed E-state index contributed by atoms with van der Waals surface area (Å²) in [5.74, 6) is 0.900. The van der Waals surface area contributed by atoms with Crippen molar-refractivity contribution in [3.8, 4) is 0 Å². The predicted octanol–water partition coefficient (Wildman–Crippen LogP) is 3.12. The van der Waals surface area contributed by atoms with E-state index in [1.165, 1.54) is 18.4 Å². The summed E-state index contributed by atoms with van der Waals surface area (Å²) in [4.78, 5) is 20.4. The molecule has 1 heterocycles. The summed E-state index contributed by atoms with van der Waals surface area (Å²) in [6, 6.07) is 10.6. The summed E-state index contributed by atoms with van der Waals surface area (Å²) in [6.07, 6.45) is 7.48. The Morgan fingerprint density at radius 2 is 1.76 bits per heavy atom. The normalized spacial score (nSPS) is 19.6. The highest BCUT2D eigenvalue weighted by Gasteiger charge is 2.40. The van der Waals surface area contributed by atoms with E-state index in [0.717, 1.165) is 49.2 Å². The molecule has 1 aromatic heterocycles. The van der Waals surface area contributed by atoms with Crippen LogP contribution < -0.4 is 5.56 Å². The van der Waals surface area contributed by atoms with Crippen molar-refractivity contribution in [2.45, 2.75) is 50.4 Å². The first-order valence-electron chi connectivity index (χ1n) is 7.98. The van der Waals surface area contributed by atoms with Gasteiger partial charge in [0.1, 0.15) is 5.82 Å². The van der Waals surface area contributed by atoms with Gasteiger partial charge in [0.15, 0.2) is 0 Å². The number of aromatic nitrogens is 2. The van der Waals surface area contributed by atoms with Gasteiger partial charge in [-0.05, 0) is 37.7 Å². The van der Waals surface area contributed by atoms with E-state index in [0.29, 0.717) is 0 Å². The Morgan fingerprint density at radius 1 is 1.00 bits per heavy atom. The number of hydrogen-bond donors (Lipinski definition) is 1. The lowest BCUT2D eigenvalue weighted by atomic mass is 9.78. The van der Waals surface area contributed by atoms with Crippen molar-refractivity contribution in [3.05, 3.63) is 63.3 Å². The molecule has 1 saturated carbocycles. The summed E-state index contributed by atoms with van der Waals surface area (Å²) < 4.78 is 0. The molecule has 0 unspecified atom stereocenters. The van der Waals surface area contributed by atoms with Gasteiger partial charge in [-0.2, -0.15) is 0 Å². The third kappa shape index (κ3) is 1.95. The zero-order valence-electron chi connectivity index (χ0n) is 12.2. The summed E-state index contributed by atoms with van der Waals surface area (Å²) in [5.41, 5.74) is 3.26. The van der Waals surface area contributed by atoms with Crippen LogP contribution in [-0.2, 0) is 18.3 Å². The van der Waals surface area contributed by atoms with Gasteiger partial charge in [0.2, 0.25) is 0 Å². The topological polar surface area (TPSA) is 45.8 Å². The molecule has 0 aliphatic heterocycles. The van der Waals surface area contributed by atoms with Crippen LogP contribution in [-0.4, -0.2) is 9.97 Å². The molecule has 0 amide bonds. The Labute approximate surface area is 124 Å². The van der Waals surface area contributed by atoms with Gasteiger partial charge >= 0.3 is 0 Å². The second kappa shape index (κ2) is 4.83. The average Bonchev–Trinajstić information content (AvgIpc) is 3.18. The molecule has 3 heteroatoms. The maximum absolute atomic E-state index is 12.4. The molecule has 4 rings (SSSR count). The Kier molecular flexibility index (Phi) is 2.95. The van der Waals surface area contributed by atoms with E-state index in [4.69, 9.17) is 4.98 Å². The number of fused-ring (bicyclic) bond motifs is 1. The number of aryl methyl sites for hydroxylation is 1. The van der Waals surface area contributed by atoms with Gasteiger partial charge in [0.25, 0.3) is 5.56 Å². The molecule has 0 spiro atoms. The number of benzene rings is 1. The number of aromatic amines is 1. The Balaban J connectivity index is 1.90. The highest BCUT2D eigenvalue weighted by Crippen LogP contribution is 2.44. The van der Waals surface area contributed by atoms with Crippen LogP contribution in [0.15, 0.2) is 35.1 Å². The fourth-order valence-corrected chi connectivity index (χ4v) is 4.07. The van der Waals surface area contributed by atoms with Crippen molar-refractivity contribution in [1.29, 1.82) is 0 Å². The van der Waals surface area contributed by atoms with Gasteiger partial charge in [-0.1, -0.05) is 43.2 Å². The average molecular weight is 280 g/mol. The molecule has 0 radical (unpaired) electrons. The molecular formula is C18H20N2O. The predicted molar refractivity (Wildman–Crippen MR) is 82.6 cm³/mol. The third-order valence-corrected chi connectivity index (χ3v) is 5.18. The molecule has 1 N–H and O–H groups in total. The molecule has 21 heavy (non-hydrogen) atoms. The minimum atomic E-state index is -0.0853. The zero-order valence-corrected chi connectivity index (χ0v) is 12.2. The van der Waals surface area contributed by atoms with Crippen molar-refractivity contribution in [2.75, 3.05) is 0 Å². The lowest BCUT2D eigenvalue weighted by Crippen LogP contribution is -2.31. The summed E-state index contributed by atoms with van der Waals surface area (Å²) in [7, 11) is 0. The largest absolute Gasteiger partial charge is 0.310 e. The highest BCUT2D eigenvalue weighted by molar-refractivity contribution is 5.36. The van der Waals surface area contributed by atoms with Crippen molar-refractivity contribution in [3.63, 3.8) is 0 Å². The van der Waals surface area contributed by atoms with E-state index in [-0.39, 0.29) is 11.0 Å². The quantitative estimate of drug-likeness (QED) is 0.918. The minimum Gasteiger partial charge on any atom is -0.310 e. The van der Waals surface area contributed by atoms with Crippen molar-refractivity contribution in [2.24, 2.45) is 0 Å². The Bertz CT molecular complexity index is 712. The van der Waals surface area contributed by atoms with E-state index < -0.39 is 0 Å². The van der Waals surface area contributed by atoms with Crippen LogP contribution in [0.1, 0.15) is 54.7 Å². The van der Waals surface area contributed by atoms with Crippen LogP contribution in [0, 0.1) is 0 Å². The van der Waals surface area contributed by atoms with Gasteiger partial charge in [-0.25, -0.2) is 4.98 Å². The maximum Gasteiger partial charge on any atom is 0.254 e. The summed E-state index contributed by atoms with van der Waals surface area (Å²) in [5, 5.41) is 0. The number of hydrogen-bond acceptors (Lipinski definition) is 2. The highest BCUT2D eigenvalue weighted by atomic mass is 16.1. The van der Waals surface area contributed by atoms with E-state index >= 15 is 0 Å². The first-order valence-corrected chi connectivity index (χ1v) is 7.98. The lowest BCUT2D eigenvalue weighted by Gasteiger charge is -2.29. The van der Waals surface area contributed by atoms with Crippen LogP contribution >= 0.6 is 0 Å². The first-order chi connectivity index (χ1) is 10.3. The van der Waals surface area contributed by atoms with Gasteiger partial charge in [-0.15, -0.1) is 0 Å². The van der Waals surface area contributed by atoms with Gasteiger partial charge < -0.3 is 4.98 Å². The van der Waals surface area contributed by atoms with E-state index in [1.807, 2.05) is 6.07 Å². The van der Waals surface area contributed by atoms with Gasteiger partial charge in [-0.3, -0.25) is 4.79 Å². The number of H-pyrrole nitrogens is 1. The molecule has 2 aliphatic rings. The fraction of sp³-hybridized carbons (Fsp3) is 0.444. The van der Waals surface area contributed by atoms with Crippen LogP contribution in [0.3, 0.4) is 0 Å². The number of nitrogens with zero attached hydrogens (tertiary/aromatic N) is 1. The Hall–Kier alpha value is -1.90. The van der Waals surface area contributed by atoms with Crippen LogP contribution in [0.2, 0.25) is 0 Å². The molecule has 3 nitrogen and oxygen atoms in total. The van der Waals surface area contributed by atoms with Gasteiger partial charge in [0, 0.05) is 5.56 Å². The molecule has 1 fully saturated rings. The molecule has 2 aromatic rings. The smallest absolute Gasteiger partial charge is 0.254 e. The molecule has 2 aliphatic carbocycles. The monoisotopic (exact) mass is 280 g/mol. The van der Waals surface area contributed by atoms with E-state index in [2.05, 4.69) is 29.2 Å². The minimum absolute atomic E-state index is 0.0853. The molecule has 0 saturated heterocycles. The summed E-state index contributed by atoms with van der Waals surface area (Å²) in [6.45, 7) is 0. The lowest BCUT2D eigenvalue weighted by molar-refractivity contribution is 0.494. The van der Waals surface area contributed by atoms with Crippen LogP contribution in [0.5, 0.6) is 0 Å². The fourth-order valence-electron chi connectivity index (χ4n) is 4.07. The zero-order chi connectivity index (χ0) is 14.3. The first kappa shape index (κ1) is 12.8. The van der Waals surface area contributed by atoms with Crippen molar-refractivity contribution in [1.82, 2.24) is 9.97 Å². The molecule has 0 bridgehead atoms. The molecular weight excluding hydrogens is 260 g/mol. The molecule has 1 aromatic carbocycles. The van der Waals surface area contributed by atoms with Crippen LogP contribution in [0.4, 0.5) is 0 Å². The van der Waals surface area contributed by atoms with E-state index in [9.17, 15) is 4.79 Å². The van der Waals surface area contributed by atoms with Crippen LogP contribution in [0.25, 0.3) is 0 Å². The number of rotatable bonds is 2. The van der Waals surface area contributed by atoms with Crippen molar-refractivity contribution < 1.29 is 0 Å². The third-order valence-electron chi connectivity index (χ3n) is 5.18.